The molecule has 3 nitrogen and oxygen atoms in total. The largest absolute Gasteiger partial charge is 0.392 e. The van der Waals surface area contributed by atoms with Gasteiger partial charge < -0.3 is 10.4 Å². The summed E-state index contributed by atoms with van der Waals surface area (Å²) in [5.41, 5.74) is 1.01. The average molecular weight is 257 g/mol. The van der Waals surface area contributed by atoms with Gasteiger partial charge in [0.25, 0.3) is 0 Å². The Morgan fingerprint density at radius 3 is 2.71 bits per heavy atom. The van der Waals surface area contributed by atoms with E-state index in [0.29, 0.717) is 24.0 Å². The van der Waals surface area contributed by atoms with Crippen molar-refractivity contribution >= 4 is 11.6 Å². The Morgan fingerprint density at radius 1 is 1.41 bits per heavy atom. The lowest BCUT2D eigenvalue weighted by Gasteiger charge is -2.20. The molecule has 0 aliphatic heterocycles. The van der Waals surface area contributed by atoms with E-state index in [1.54, 1.807) is 12.4 Å². The van der Waals surface area contributed by atoms with Crippen LogP contribution >= 0.6 is 11.6 Å². The third-order valence-corrected chi connectivity index (χ3v) is 3.46. The minimum Gasteiger partial charge on any atom is -0.392 e. The summed E-state index contributed by atoms with van der Waals surface area (Å²) in [5.74, 6) is 0.371. The SMILES string of the molecule is CCC(CC)C(O)CNCc1ccncc1Cl. The number of nitrogens with zero attached hydrogens (tertiary/aromatic N) is 1. The number of halogens is 1. The van der Waals surface area contributed by atoms with Crippen molar-refractivity contribution in [1.29, 1.82) is 0 Å². The normalized spacial score (nSPS) is 13.0. The maximum Gasteiger partial charge on any atom is 0.0692 e. The van der Waals surface area contributed by atoms with E-state index in [0.717, 1.165) is 18.4 Å². The molecule has 0 saturated heterocycles. The summed E-state index contributed by atoms with van der Waals surface area (Å²) in [6.07, 6.45) is 5.09. The van der Waals surface area contributed by atoms with E-state index in [1.165, 1.54) is 0 Å². The predicted octanol–water partition coefficient (Wildman–Crippen LogP) is 2.62. The first-order valence-electron chi connectivity index (χ1n) is 6.16. The van der Waals surface area contributed by atoms with Crippen LogP contribution in [0.25, 0.3) is 0 Å². The molecule has 0 fully saturated rings. The van der Waals surface area contributed by atoms with Crippen molar-refractivity contribution in [2.45, 2.75) is 39.3 Å². The third kappa shape index (κ3) is 4.62. The van der Waals surface area contributed by atoms with Crippen LogP contribution in [0.2, 0.25) is 5.02 Å². The summed E-state index contributed by atoms with van der Waals surface area (Å²) >= 11 is 5.99. The molecule has 0 aliphatic carbocycles. The van der Waals surface area contributed by atoms with Crippen LogP contribution in [0, 0.1) is 5.92 Å². The van der Waals surface area contributed by atoms with Crippen molar-refractivity contribution in [3.8, 4) is 0 Å². The van der Waals surface area contributed by atoms with Crippen LogP contribution in [0.15, 0.2) is 18.5 Å². The molecule has 4 heteroatoms. The highest BCUT2D eigenvalue weighted by Gasteiger charge is 2.14. The molecule has 0 amide bonds. The van der Waals surface area contributed by atoms with Gasteiger partial charge in [-0.3, -0.25) is 4.98 Å². The molecule has 0 bridgehead atoms. The van der Waals surface area contributed by atoms with E-state index in [1.807, 2.05) is 6.07 Å². The molecule has 0 aromatic carbocycles. The lowest BCUT2D eigenvalue weighted by atomic mass is 9.96. The van der Waals surface area contributed by atoms with Crippen molar-refractivity contribution in [3.63, 3.8) is 0 Å². The van der Waals surface area contributed by atoms with E-state index in [4.69, 9.17) is 11.6 Å². The molecule has 1 rings (SSSR count). The quantitative estimate of drug-likeness (QED) is 0.788. The number of aliphatic hydroxyl groups excluding tert-OH is 1. The van der Waals surface area contributed by atoms with Crippen LogP contribution in [-0.4, -0.2) is 22.7 Å². The molecule has 2 N–H and O–H groups in total. The Morgan fingerprint density at radius 2 is 2.12 bits per heavy atom. The molecular weight excluding hydrogens is 236 g/mol. The Kier molecular flexibility index (Phi) is 6.48. The standard InChI is InChI=1S/C13H21ClN2O/c1-3-10(4-2)13(17)9-16-7-11-5-6-15-8-12(11)14/h5-6,8,10,13,16-17H,3-4,7,9H2,1-2H3. The topological polar surface area (TPSA) is 45.1 Å². The highest BCUT2D eigenvalue weighted by Crippen LogP contribution is 2.14. The Balaban J connectivity index is 2.35. The number of hydrogen-bond donors (Lipinski definition) is 2. The first-order chi connectivity index (χ1) is 8.19. The van der Waals surface area contributed by atoms with Crippen molar-refractivity contribution in [2.24, 2.45) is 5.92 Å². The first-order valence-corrected chi connectivity index (χ1v) is 6.54. The number of rotatable bonds is 7. The second kappa shape index (κ2) is 7.64. The van der Waals surface area contributed by atoms with Gasteiger partial charge in [-0.2, -0.15) is 0 Å². The van der Waals surface area contributed by atoms with Gasteiger partial charge in [-0.15, -0.1) is 0 Å². The second-order valence-electron chi connectivity index (χ2n) is 4.24. The predicted molar refractivity (Wildman–Crippen MR) is 71.0 cm³/mol. The zero-order valence-electron chi connectivity index (χ0n) is 10.5. The molecule has 96 valence electrons. The maximum atomic E-state index is 9.95. The molecule has 0 radical (unpaired) electrons. The van der Waals surface area contributed by atoms with Crippen molar-refractivity contribution in [3.05, 3.63) is 29.0 Å². The summed E-state index contributed by atoms with van der Waals surface area (Å²) in [5, 5.41) is 13.8. The minimum absolute atomic E-state index is 0.286. The molecule has 1 aromatic heterocycles. The van der Waals surface area contributed by atoms with Crippen molar-refractivity contribution in [1.82, 2.24) is 10.3 Å². The lowest BCUT2D eigenvalue weighted by Crippen LogP contribution is -2.32. The highest BCUT2D eigenvalue weighted by atomic mass is 35.5. The number of nitrogens with one attached hydrogen (secondary N) is 1. The fourth-order valence-electron chi connectivity index (χ4n) is 1.90. The Labute approximate surface area is 108 Å². The first kappa shape index (κ1) is 14.4. The van der Waals surface area contributed by atoms with Crippen LogP contribution in [0.3, 0.4) is 0 Å². The van der Waals surface area contributed by atoms with Gasteiger partial charge in [0.2, 0.25) is 0 Å². The van der Waals surface area contributed by atoms with Crippen molar-refractivity contribution in [2.75, 3.05) is 6.54 Å². The fraction of sp³-hybridized carbons (Fsp3) is 0.615. The molecule has 1 unspecified atom stereocenters. The van der Waals surface area contributed by atoms with Crippen LogP contribution in [0.4, 0.5) is 0 Å². The van der Waals surface area contributed by atoms with Gasteiger partial charge in [-0.1, -0.05) is 38.3 Å². The van der Waals surface area contributed by atoms with Gasteiger partial charge in [-0.05, 0) is 17.5 Å². The van der Waals surface area contributed by atoms with Gasteiger partial charge >= 0.3 is 0 Å². The number of aromatic nitrogens is 1. The fourth-order valence-corrected chi connectivity index (χ4v) is 2.09. The van der Waals surface area contributed by atoms with Gasteiger partial charge in [0.05, 0.1) is 11.1 Å². The van der Waals surface area contributed by atoms with Crippen molar-refractivity contribution < 1.29 is 5.11 Å². The third-order valence-electron chi connectivity index (χ3n) is 3.12. The van der Waals surface area contributed by atoms with Crippen LogP contribution < -0.4 is 5.32 Å². The number of aliphatic hydroxyl groups is 1. The zero-order chi connectivity index (χ0) is 12.7. The molecule has 0 saturated carbocycles. The van der Waals surface area contributed by atoms with E-state index >= 15 is 0 Å². The monoisotopic (exact) mass is 256 g/mol. The number of pyridine rings is 1. The van der Waals surface area contributed by atoms with Gasteiger partial charge in [-0.25, -0.2) is 0 Å². The van der Waals surface area contributed by atoms with E-state index < -0.39 is 0 Å². The second-order valence-corrected chi connectivity index (χ2v) is 4.65. The summed E-state index contributed by atoms with van der Waals surface area (Å²) in [4.78, 5) is 3.93. The molecule has 0 aliphatic rings. The number of hydrogen-bond acceptors (Lipinski definition) is 3. The summed E-state index contributed by atoms with van der Waals surface area (Å²) < 4.78 is 0. The summed E-state index contributed by atoms with van der Waals surface area (Å²) in [7, 11) is 0. The minimum atomic E-state index is -0.286. The highest BCUT2D eigenvalue weighted by molar-refractivity contribution is 6.31. The summed E-state index contributed by atoms with van der Waals surface area (Å²) in [6.45, 7) is 5.48. The lowest BCUT2D eigenvalue weighted by molar-refractivity contribution is 0.101. The summed E-state index contributed by atoms with van der Waals surface area (Å²) in [6, 6.07) is 1.89. The Bertz CT molecular complexity index is 329. The molecule has 1 heterocycles. The van der Waals surface area contributed by atoms with Crippen LogP contribution in [-0.2, 0) is 6.54 Å². The van der Waals surface area contributed by atoms with E-state index in [-0.39, 0.29) is 6.10 Å². The smallest absolute Gasteiger partial charge is 0.0692 e. The average Bonchev–Trinajstić information content (AvgIpc) is 2.33. The molecule has 0 spiro atoms. The van der Waals surface area contributed by atoms with E-state index in [9.17, 15) is 5.11 Å². The van der Waals surface area contributed by atoms with E-state index in [2.05, 4.69) is 24.1 Å². The van der Waals surface area contributed by atoms with Crippen LogP contribution in [0.1, 0.15) is 32.3 Å². The van der Waals surface area contributed by atoms with Crippen LogP contribution in [0.5, 0.6) is 0 Å². The molecular formula is C13H21ClN2O. The molecule has 17 heavy (non-hydrogen) atoms. The van der Waals surface area contributed by atoms with Gasteiger partial charge in [0.1, 0.15) is 0 Å². The molecule has 1 atom stereocenters. The maximum absolute atomic E-state index is 9.95. The Hall–Kier alpha value is -0.640. The molecule has 1 aromatic rings. The van der Waals surface area contributed by atoms with Gasteiger partial charge in [0, 0.05) is 25.5 Å². The van der Waals surface area contributed by atoms with Gasteiger partial charge in [0.15, 0.2) is 0 Å². The zero-order valence-corrected chi connectivity index (χ0v) is 11.2.